The second-order valence-electron chi connectivity index (χ2n) is 5.32. The molecule has 1 saturated carbocycles. The maximum Gasteiger partial charge on any atom is 0.213 e. The highest BCUT2D eigenvalue weighted by atomic mass is 16.5. The van der Waals surface area contributed by atoms with Crippen molar-refractivity contribution in [3.63, 3.8) is 0 Å². The summed E-state index contributed by atoms with van der Waals surface area (Å²) in [6.45, 7) is 2.24. The number of hydrogen-bond donors (Lipinski definition) is 0. The molecular weight excluding hydrogens is 214 g/mol. The van der Waals surface area contributed by atoms with Crippen molar-refractivity contribution in [2.45, 2.75) is 32.1 Å². The van der Waals surface area contributed by atoms with Gasteiger partial charge in [-0.2, -0.15) is 0 Å². The third kappa shape index (κ3) is 1.65. The summed E-state index contributed by atoms with van der Waals surface area (Å²) >= 11 is 0. The molecule has 2 bridgehead atoms. The van der Waals surface area contributed by atoms with Crippen LogP contribution in [0, 0.1) is 11.8 Å². The first-order valence-electron chi connectivity index (χ1n) is 6.26. The van der Waals surface area contributed by atoms with Crippen LogP contribution >= 0.6 is 0 Å². The lowest BCUT2D eigenvalue weighted by atomic mass is 9.66. The Morgan fingerprint density at radius 2 is 2.18 bits per heavy atom. The lowest BCUT2D eigenvalue weighted by Gasteiger charge is -2.37. The summed E-state index contributed by atoms with van der Waals surface area (Å²) < 4.78 is 5.15. The monoisotopic (exact) mass is 231 g/mol. The maximum absolute atomic E-state index is 12.2. The Hall–Kier alpha value is -1.38. The van der Waals surface area contributed by atoms with Gasteiger partial charge in [-0.25, -0.2) is 4.98 Å². The summed E-state index contributed by atoms with van der Waals surface area (Å²) in [7, 11) is 1.63. The number of hydrogen-bond acceptors (Lipinski definition) is 3. The average molecular weight is 231 g/mol. The molecule has 0 amide bonds. The van der Waals surface area contributed by atoms with Gasteiger partial charge in [-0.15, -0.1) is 0 Å². The number of Topliss-reactive ketones (excluding diaryl/α,β-unsaturated/α-hetero) is 1. The summed E-state index contributed by atoms with van der Waals surface area (Å²) in [6.07, 6.45) is 2.80. The summed E-state index contributed by atoms with van der Waals surface area (Å²) in [5.41, 5.74) is 2.21. The third-order valence-electron chi connectivity index (χ3n) is 4.08. The van der Waals surface area contributed by atoms with E-state index in [2.05, 4.69) is 11.9 Å². The van der Waals surface area contributed by atoms with Crippen molar-refractivity contribution >= 4 is 5.78 Å². The van der Waals surface area contributed by atoms with Gasteiger partial charge in [-0.3, -0.25) is 4.79 Å². The minimum Gasteiger partial charge on any atom is -0.481 e. The van der Waals surface area contributed by atoms with Crippen LogP contribution in [-0.4, -0.2) is 17.9 Å². The number of ether oxygens (including phenoxy) is 1. The molecule has 0 spiro atoms. The van der Waals surface area contributed by atoms with E-state index in [0.29, 0.717) is 17.6 Å². The van der Waals surface area contributed by atoms with E-state index in [9.17, 15) is 4.79 Å². The summed E-state index contributed by atoms with van der Waals surface area (Å²) in [5, 5.41) is 0. The number of ketones is 1. The zero-order valence-electron chi connectivity index (χ0n) is 10.3. The standard InChI is InChI=1S/C14H17NO2/c1-8-5-9-7-12-10(11(6-8)14(9)16)3-4-13(15-12)17-2/h3-4,8-9,11H,5-7H2,1-2H3. The number of pyridine rings is 1. The van der Waals surface area contributed by atoms with E-state index in [0.717, 1.165) is 30.5 Å². The molecule has 3 heteroatoms. The molecule has 2 aliphatic rings. The molecule has 0 radical (unpaired) electrons. The molecule has 1 fully saturated rings. The molecule has 90 valence electrons. The number of nitrogens with zero attached hydrogens (tertiary/aromatic N) is 1. The first kappa shape index (κ1) is 10.8. The van der Waals surface area contributed by atoms with Crippen LogP contribution in [0.4, 0.5) is 0 Å². The highest BCUT2D eigenvalue weighted by molar-refractivity contribution is 5.90. The van der Waals surface area contributed by atoms with Gasteiger partial charge in [0.1, 0.15) is 5.78 Å². The van der Waals surface area contributed by atoms with Crippen LogP contribution in [0.5, 0.6) is 5.88 Å². The van der Waals surface area contributed by atoms with Gasteiger partial charge in [0.25, 0.3) is 0 Å². The van der Waals surface area contributed by atoms with Crippen LogP contribution in [0.25, 0.3) is 0 Å². The third-order valence-corrected chi connectivity index (χ3v) is 4.08. The molecule has 1 aromatic heterocycles. The van der Waals surface area contributed by atoms with Gasteiger partial charge in [-0.05, 0) is 30.7 Å². The highest BCUT2D eigenvalue weighted by Crippen LogP contribution is 2.43. The molecule has 3 atom stereocenters. The summed E-state index contributed by atoms with van der Waals surface area (Å²) in [5.74, 6) is 2.02. The Morgan fingerprint density at radius 3 is 2.94 bits per heavy atom. The zero-order valence-corrected chi connectivity index (χ0v) is 10.3. The molecule has 0 saturated heterocycles. The van der Waals surface area contributed by atoms with Gasteiger partial charge in [-0.1, -0.05) is 13.0 Å². The van der Waals surface area contributed by atoms with Crippen molar-refractivity contribution in [1.82, 2.24) is 4.98 Å². The number of methoxy groups -OCH3 is 1. The molecule has 0 N–H and O–H groups in total. The lowest BCUT2D eigenvalue weighted by Crippen LogP contribution is -2.37. The number of aromatic nitrogens is 1. The van der Waals surface area contributed by atoms with Crippen LogP contribution in [0.1, 0.15) is 36.9 Å². The van der Waals surface area contributed by atoms with E-state index in [1.807, 2.05) is 12.1 Å². The number of carbonyl (C=O) groups excluding carboxylic acids is 1. The van der Waals surface area contributed by atoms with Gasteiger partial charge in [0.05, 0.1) is 7.11 Å². The Kier molecular flexibility index (Phi) is 2.42. The van der Waals surface area contributed by atoms with E-state index in [4.69, 9.17) is 4.74 Å². The average Bonchev–Trinajstić information content (AvgIpc) is 2.31. The van der Waals surface area contributed by atoms with Crippen molar-refractivity contribution in [3.05, 3.63) is 23.4 Å². The van der Waals surface area contributed by atoms with E-state index >= 15 is 0 Å². The van der Waals surface area contributed by atoms with Crippen LogP contribution in [-0.2, 0) is 11.2 Å². The molecule has 3 nitrogen and oxygen atoms in total. The predicted molar refractivity (Wildman–Crippen MR) is 64.1 cm³/mol. The molecule has 17 heavy (non-hydrogen) atoms. The molecule has 0 aromatic carbocycles. The van der Waals surface area contributed by atoms with Gasteiger partial charge < -0.3 is 4.74 Å². The zero-order chi connectivity index (χ0) is 12.0. The molecule has 1 aromatic rings. The Labute approximate surface area is 101 Å². The first-order valence-corrected chi connectivity index (χ1v) is 6.26. The second-order valence-corrected chi connectivity index (χ2v) is 5.32. The maximum atomic E-state index is 12.2. The van der Waals surface area contributed by atoms with E-state index in [-0.39, 0.29) is 11.8 Å². The topological polar surface area (TPSA) is 39.2 Å². The minimum absolute atomic E-state index is 0.0888. The van der Waals surface area contributed by atoms with E-state index in [1.54, 1.807) is 7.11 Å². The van der Waals surface area contributed by atoms with Crippen molar-refractivity contribution in [2.75, 3.05) is 7.11 Å². The Morgan fingerprint density at radius 1 is 1.35 bits per heavy atom. The van der Waals surface area contributed by atoms with Crippen molar-refractivity contribution in [1.29, 1.82) is 0 Å². The van der Waals surface area contributed by atoms with Crippen LogP contribution in [0.2, 0.25) is 0 Å². The van der Waals surface area contributed by atoms with Crippen molar-refractivity contribution < 1.29 is 9.53 Å². The minimum atomic E-state index is 0.0888. The van der Waals surface area contributed by atoms with Gasteiger partial charge in [0, 0.05) is 23.6 Å². The van der Waals surface area contributed by atoms with Crippen LogP contribution in [0.15, 0.2) is 12.1 Å². The fourth-order valence-corrected chi connectivity index (χ4v) is 3.29. The first-order chi connectivity index (χ1) is 8.19. The van der Waals surface area contributed by atoms with Gasteiger partial charge in [0.15, 0.2) is 0 Å². The molecule has 1 heterocycles. The lowest BCUT2D eigenvalue weighted by molar-refractivity contribution is -0.128. The Bertz CT molecular complexity index is 469. The summed E-state index contributed by atoms with van der Waals surface area (Å²) in [6, 6.07) is 3.89. The van der Waals surface area contributed by atoms with Gasteiger partial charge in [0.2, 0.25) is 5.88 Å². The van der Waals surface area contributed by atoms with Crippen molar-refractivity contribution in [3.8, 4) is 5.88 Å². The van der Waals surface area contributed by atoms with Gasteiger partial charge >= 0.3 is 0 Å². The van der Waals surface area contributed by atoms with Crippen LogP contribution in [0.3, 0.4) is 0 Å². The molecule has 0 aliphatic heterocycles. The van der Waals surface area contributed by atoms with Crippen molar-refractivity contribution in [2.24, 2.45) is 11.8 Å². The highest BCUT2D eigenvalue weighted by Gasteiger charge is 2.41. The quantitative estimate of drug-likeness (QED) is 0.744. The van der Waals surface area contributed by atoms with Crippen LogP contribution < -0.4 is 4.74 Å². The smallest absolute Gasteiger partial charge is 0.213 e. The molecular formula is C14H17NO2. The summed E-state index contributed by atoms with van der Waals surface area (Å²) in [4.78, 5) is 16.7. The fraction of sp³-hybridized carbons (Fsp3) is 0.571. The molecule has 3 unspecified atom stereocenters. The second kappa shape index (κ2) is 3.83. The molecule has 3 rings (SSSR count). The van der Waals surface area contributed by atoms with E-state index < -0.39 is 0 Å². The normalized spacial score (nSPS) is 30.9. The predicted octanol–water partition coefficient (Wildman–Crippen LogP) is 2.35. The Balaban J connectivity index is 2.05. The van der Waals surface area contributed by atoms with E-state index in [1.165, 1.54) is 0 Å². The number of carbonyl (C=O) groups is 1. The fourth-order valence-electron chi connectivity index (χ4n) is 3.29. The molecule has 2 aliphatic carbocycles. The SMILES string of the molecule is COc1ccc2c(n1)CC1CC(C)CC2C1=O. The number of rotatable bonds is 1. The largest absolute Gasteiger partial charge is 0.481 e. The number of fused-ring (bicyclic) bond motifs is 4.